The van der Waals surface area contributed by atoms with Gasteiger partial charge in [-0.2, -0.15) is 0 Å². The average Bonchev–Trinajstić information content (AvgIpc) is 3.91. The molecule has 18 heteroatoms. The van der Waals surface area contributed by atoms with Crippen LogP contribution < -0.4 is 19.1 Å². The molecule has 0 radical (unpaired) electrons. The summed E-state index contributed by atoms with van der Waals surface area (Å²) in [5, 5.41) is 0.813. The summed E-state index contributed by atoms with van der Waals surface area (Å²) < 4.78 is 53.4. The number of thiazole rings is 1. The zero-order valence-electron chi connectivity index (χ0n) is 37.6. The minimum Gasteiger partial charge on any atom is -0.467 e. The number of rotatable bonds is 12. The number of piperazine rings is 1. The van der Waals surface area contributed by atoms with Gasteiger partial charge in [0.1, 0.15) is 29.6 Å². The molecule has 2 amide bonds. The number of hydrogen-bond donors (Lipinski definition) is 2. The summed E-state index contributed by atoms with van der Waals surface area (Å²) >= 11 is 7.04. The highest BCUT2D eigenvalue weighted by molar-refractivity contribution is 7.92. The van der Waals surface area contributed by atoms with E-state index in [4.69, 9.17) is 30.5 Å². The summed E-state index contributed by atoms with van der Waals surface area (Å²) in [6.45, 7) is 16.6. The number of aryl methyl sites for hydroxylation is 1. The highest BCUT2D eigenvalue weighted by atomic mass is 35.5. The van der Waals surface area contributed by atoms with E-state index in [2.05, 4.69) is 55.5 Å². The first-order chi connectivity index (χ1) is 30.9. The fourth-order valence-corrected chi connectivity index (χ4v) is 10.8. The third-order valence-corrected chi connectivity index (χ3v) is 15.0. The minimum atomic E-state index is -4.42. The number of nitrogens with one attached hydrogen (secondary N) is 2. The second-order valence-electron chi connectivity index (χ2n) is 18.5. The van der Waals surface area contributed by atoms with Crippen LogP contribution in [0.3, 0.4) is 0 Å². The molecule has 3 aliphatic rings. The number of aromatic amines is 1. The van der Waals surface area contributed by atoms with Crippen molar-refractivity contribution in [2.45, 2.75) is 76.7 Å². The molecule has 1 aliphatic carbocycles. The molecule has 2 aromatic heterocycles. The molecule has 0 saturated carbocycles. The van der Waals surface area contributed by atoms with Crippen LogP contribution in [0, 0.1) is 12.3 Å². The van der Waals surface area contributed by atoms with E-state index in [9.17, 15) is 18.0 Å². The molecule has 2 aliphatic heterocycles. The maximum absolute atomic E-state index is 14.1. The number of ether oxygens (including phenoxy) is 4. The van der Waals surface area contributed by atoms with Crippen molar-refractivity contribution in [1.82, 2.24) is 29.5 Å². The van der Waals surface area contributed by atoms with Gasteiger partial charge in [0, 0.05) is 56.0 Å². The van der Waals surface area contributed by atoms with Gasteiger partial charge in [0.2, 0.25) is 0 Å². The number of para-hydroxylation sites is 1. The molecule has 2 saturated heterocycles. The largest absolute Gasteiger partial charge is 0.467 e. The third-order valence-electron chi connectivity index (χ3n) is 11.8. The predicted molar refractivity (Wildman–Crippen MR) is 252 cm³/mol. The number of imidazole rings is 1. The van der Waals surface area contributed by atoms with Crippen LogP contribution in [0.5, 0.6) is 16.7 Å². The molecule has 0 bridgehead atoms. The maximum atomic E-state index is 14.1. The van der Waals surface area contributed by atoms with E-state index in [1.807, 2.05) is 30.3 Å². The Hall–Kier alpha value is -5.20. The number of halogens is 1. The highest BCUT2D eigenvalue weighted by Gasteiger charge is 2.32. The predicted octanol–water partition coefficient (Wildman–Crippen LogP) is 8.69. The van der Waals surface area contributed by atoms with Gasteiger partial charge in [-0.25, -0.2) is 27.9 Å². The number of carbonyl (C=O) groups is 2. The lowest BCUT2D eigenvalue weighted by Gasteiger charge is -2.39. The summed E-state index contributed by atoms with van der Waals surface area (Å²) in [5.74, 6) is -0.299. The van der Waals surface area contributed by atoms with E-state index >= 15 is 0 Å². The first-order valence-corrected chi connectivity index (χ1v) is 24.5. The number of amides is 2. The van der Waals surface area contributed by atoms with E-state index in [1.165, 1.54) is 23.6 Å². The van der Waals surface area contributed by atoms with Gasteiger partial charge < -0.3 is 33.7 Å². The summed E-state index contributed by atoms with van der Waals surface area (Å²) in [6.07, 6.45) is 3.85. The van der Waals surface area contributed by atoms with Crippen LogP contribution in [0.25, 0.3) is 16.6 Å². The number of nitrogens with zero attached hydrogens (tertiary/aromatic N) is 5. The number of carbonyl (C=O) groups excluding carboxylic acids is 2. The average molecular weight is 947 g/mol. The Morgan fingerprint density at radius 1 is 1.03 bits per heavy atom. The Morgan fingerprint density at radius 2 is 1.80 bits per heavy atom. The van der Waals surface area contributed by atoms with Crippen LogP contribution in [0.15, 0.2) is 76.8 Å². The number of allylic oxidation sites excluding steroid dienone is 1. The number of H-pyrrole nitrogens is 1. The van der Waals surface area contributed by atoms with E-state index in [0.717, 1.165) is 79.5 Å². The second-order valence-corrected chi connectivity index (χ2v) is 21.8. The van der Waals surface area contributed by atoms with E-state index in [1.54, 1.807) is 50.2 Å². The zero-order chi connectivity index (χ0) is 46.1. The standard InChI is InChI=1S/C47H56ClN7O8S2/c1-30-43(64-44(51-30)61-28-35-27-55(22-23-60-35)45(57)63-46(2,3)4)65(58,59)52-42(56)36-15-14-34(24-40(36)62-39-9-7-8-38-41(39)50-29-49-38)54-20-18-53(19-21-54)26-32-16-17-47(5,6)25-37(32)31-10-12-33(48)13-11-31/h7-15,24,29,35H,16-23,25-28H2,1-6H3,(H,49,50)(H,52,56)/t35-/m0/s1. The van der Waals surface area contributed by atoms with Crippen LogP contribution in [0.1, 0.15) is 75.5 Å². The molecule has 2 N–H and O–H groups in total. The molecule has 0 unspecified atom stereocenters. The fourth-order valence-electron chi connectivity index (χ4n) is 8.39. The molecule has 15 nitrogen and oxygen atoms in total. The van der Waals surface area contributed by atoms with Crippen molar-refractivity contribution in [1.29, 1.82) is 0 Å². The van der Waals surface area contributed by atoms with Crippen LogP contribution in [0.4, 0.5) is 10.5 Å². The molecule has 5 aromatic rings. The molecular weight excluding hydrogens is 890 g/mol. The molecule has 2 fully saturated rings. The lowest BCUT2D eigenvalue weighted by Crippen LogP contribution is -2.49. The topological polar surface area (TPSA) is 169 Å². The number of aromatic nitrogens is 3. The van der Waals surface area contributed by atoms with E-state index < -0.39 is 33.7 Å². The van der Waals surface area contributed by atoms with Crippen molar-refractivity contribution in [2.75, 3.05) is 63.9 Å². The number of fused-ring (bicyclic) bond motifs is 1. The van der Waals surface area contributed by atoms with Gasteiger partial charge in [-0.1, -0.05) is 60.6 Å². The van der Waals surface area contributed by atoms with Gasteiger partial charge in [0.25, 0.3) is 21.1 Å². The van der Waals surface area contributed by atoms with Crippen molar-refractivity contribution in [3.63, 3.8) is 0 Å². The summed E-state index contributed by atoms with van der Waals surface area (Å²) in [6, 6.07) is 18.8. The monoisotopic (exact) mass is 945 g/mol. The zero-order valence-corrected chi connectivity index (χ0v) is 40.0. The number of benzene rings is 3. The van der Waals surface area contributed by atoms with E-state index in [0.29, 0.717) is 24.4 Å². The number of morpholine rings is 1. The fraction of sp³-hybridized carbons (Fsp3) is 0.447. The first-order valence-electron chi connectivity index (χ1n) is 21.8. The van der Waals surface area contributed by atoms with Crippen molar-refractivity contribution in [2.24, 2.45) is 5.41 Å². The van der Waals surface area contributed by atoms with Gasteiger partial charge in [0.05, 0.1) is 36.3 Å². The molecule has 3 aromatic carbocycles. The SMILES string of the molecule is Cc1nc(OC[C@@H]2CN(C(=O)OC(C)(C)C)CCO2)sc1S(=O)(=O)NC(=O)c1ccc(N2CCN(CC3=C(c4ccc(Cl)cc4)CC(C)(C)CC3)CC2)cc1Oc1cccc2[nH]cnc12. The maximum Gasteiger partial charge on any atom is 0.410 e. The van der Waals surface area contributed by atoms with Gasteiger partial charge in [0.15, 0.2) is 9.96 Å². The third kappa shape index (κ3) is 11.3. The molecule has 346 valence electrons. The van der Waals surface area contributed by atoms with Crippen LogP contribution in [-0.4, -0.2) is 116 Å². The van der Waals surface area contributed by atoms with Crippen LogP contribution in [-0.2, 0) is 19.5 Å². The summed E-state index contributed by atoms with van der Waals surface area (Å²) in [4.78, 5) is 44.8. The normalized spacial score (nSPS) is 18.5. The Morgan fingerprint density at radius 3 is 2.55 bits per heavy atom. The lowest BCUT2D eigenvalue weighted by atomic mass is 9.72. The van der Waals surface area contributed by atoms with Crippen molar-refractivity contribution in [3.8, 4) is 16.7 Å². The molecule has 65 heavy (non-hydrogen) atoms. The highest BCUT2D eigenvalue weighted by Crippen LogP contribution is 2.43. The quantitative estimate of drug-likeness (QED) is 0.122. The lowest BCUT2D eigenvalue weighted by molar-refractivity contribution is -0.0557. The van der Waals surface area contributed by atoms with E-state index in [-0.39, 0.29) is 45.0 Å². The van der Waals surface area contributed by atoms with Crippen LogP contribution in [0.2, 0.25) is 5.02 Å². The van der Waals surface area contributed by atoms with Gasteiger partial charge >= 0.3 is 6.09 Å². The summed E-state index contributed by atoms with van der Waals surface area (Å²) in [5.41, 5.74) is 6.05. The smallest absolute Gasteiger partial charge is 0.410 e. The summed E-state index contributed by atoms with van der Waals surface area (Å²) in [7, 11) is -4.42. The Labute approximate surface area is 389 Å². The van der Waals surface area contributed by atoms with Crippen LogP contribution >= 0.6 is 22.9 Å². The Kier molecular flexibility index (Phi) is 13.5. The minimum absolute atomic E-state index is 0.0186. The Balaban J connectivity index is 0.965. The van der Waals surface area contributed by atoms with Crippen molar-refractivity contribution >= 4 is 67.3 Å². The van der Waals surface area contributed by atoms with Gasteiger partial charge in [-0.05, 0) is 99.9 Å². The molecular formula is C47H56ClN7O8S2. The van der Waals surface area contributed by atoms with Crippen molar-refractivity contribution < 1.29 is 37.0 Å². The molecule has 4 heterocycles. The first kappa shape index (κ1) is 46.3. The molecule has 0 spiro atoms. The molecule has 1 atom stereocenters. The Bertz CT molecular complexity index is 2690. The van der Waals surface area contributed by atoms with Gasteiger partial charge in [-0.3, -0.25) is 9.69 Å². The number of anilines is 1. The number of sulfonamides is 1. The second kappa shape index (κ2) is 19.0. The van der Waals surface area contributed by atoms with Gasteiger partial charge in [-0.15, -0.1) is 0 Å². The number of hydrogen-bond acceptors (Lipinski definition) is 13. The van der Waals surface area contributed by atoms with Crippen molar-refractivity contribution in [3.05, 3.63) is 94.4 Å². The molecule has 8 rings (SSSR count).